The number of hydrogen-bond donors (Lipinski definition) is 0. The van der Waals surface area contributed by atoms with Gasteiger partial charge in [-0.3, -0.25) is 0 Å². The van der Waals surface area contributed by atoms with Crippen molar-refractivity contribution in [2.45, 2.75) is 36.2 Å². The van der Waals surface area contributed by atoms with Crippen molar-refractivity contribution >= 4 is 23.2 Å². The van der Waals surface area contributed by atoms with Crippen LogP contribution in [0.2, 0.25) is 0 Å². The number of halogens is 2. The molecule has 2 fully saturated rings. The molecule has 4 unspecified atom stereocenters. The van der Waals surface area contributed by atoms with Crippen LogP contribution < -0.4 is 0 Å². The lowest BCUT2D eigenvalue weighted by Crippen LogP contribution is -2.13. The molecule has 0 aromatic heterocycles. The molecule has 2 aliphatic rings. The second kappa shape index (κ2) is 2.52. The molecule has 0 radical (unpaired) electrons. The van der Waals surface area contributed by atoms with E-state index in [2.05, 4.69) is 0 Å². The largest absolute Gasteiger partial charge is 0.356 e. The quantitative estimate of drug-likeness (QED) is 0.532. The molecule has 4 atom stereocenters. The first-order valence-corrected chi connectivity index (χ1v) is 4.22. The molecule has 4 heteroatoms. The fourth-order valence-corrected chi connectivity index (χ4v) is 2.06. The molecule has 0 aliphatic carbocycles. The average molecular weight is 183 g/mol. The van der Waals surface area contributed by atoms with Gasteiger partial charge in [-0.1, -0.05) is 23.2 Å². The van der Waals surface area contributed by atoms with Crippen LogP contribution in [0.1, 0.15) is 12.8 Å². The Bertz CT molecular complexity index is 114. The molecule has 10 heavy (non-hydrogen) atoms. The highest BCUT2D eigenvalue weighted by atomic mass is 35.5. The lowest BCUT2D eigenvalue weighted by molar-refractivity contribution is 0.0601. The van der Waals surface area contributed by atoms with Crippen LogP contribution in [0.25, 0.3) is 0 Å². The Kier molecular flexibility index (Phi) is 1.81. The minimum absolute atomic E-state index is 0.144. The molecule has 2 aliphatic heterocycles. The van der Waals surface area contributed by atoms with Crippen LogP contribution >= 0.6 is 23.2 Å². The van der Waals surface area contributed by atoms with Crippen molar-refractivity contribution < 1.29 is 9.47 Å². The third-order valence-corrected chi connectivity index (χ3v) is 2.46. The van der Waals surface area contributed by atoms with Crippen molar-refractivity contribution in [3.8, 4) is 0 Å². The third-order valence-electron chi connectivity index (χ3n) is 1.89. The summed E-state index contributed by atoms with van der Waals surface area (Å²) in [6.45, 7) is 0. The van der Waals surface area contributed by atoms with Gasteiger partial charge < -0.3 is 9.47 Å². The lowest BCUT2D eigenvalue weighted by atomic mass is 10.2. The monoisotopic (exact) mass is 182 g/mol. The van der Waals surface area contributed by atoms with Crippen LogP contribution in [0.3, 0.4) is 0 Å². The minimum atomic E-state index is -0.167. The Hall–Kier alpha value is 0.500. The number of alkyl halides is 2. The Labute approximate surface area is 69.4 Å². The molecule has 2 heterocycles. The third kappa shape index (κ3) is 1.14. The van der Waals surface area contributed by atoms with E-state index in [4.69, 9.17) is 32.7 Å². The standard InChI is InChI=1S/C6H8Cl2O2/c7-5-1-3-4(10-5)2-6(8)9-3/h3-6H,1-2H2. The van der Waals surface area contributed by atoms with Gasteiger partial charge in [0.2, 0.25) is 0 Å². The fourth-order valence-electron chi connectivity index (χ4n) is 1.45. The molecule has 58 valence electrons. The Morgan fingerprint density at radius 1 is 0.900 bits per heavy atom. The van der Waals surface area contributed by atoms with E-state index >= 15 is 0 Å². The first-order chi connectivity index (χ1) is 4.75. The molecule has 0 aromatic rings. The summed E-state index contributed by atoms with van der Waals surface area (Å²) in [5.74, 6) is 0. The topological polar surface area (TPSA) is 18.5 Å². The first kappa shape index (κ1) is 7.17. The Balaban J connectivity index is 2.00. The molecule has 0 amide bonds. The highest BCUT2D eigenvalue weighted by Crippen LogP contribution is 2.36. The van der Waals surface area contributed by atoms with E-state index in [1.807, 2.05) is 0 Å². The van der Waals surface area contributed by atoms with E-state index in [0.29, 0.717) is 0 Å². The van der Waals surface area contributed by atoms with E-state index < -0.39 is 0 Å². The molecular weight excluding hydrogens is 175 g/mol. The first-order valence-electron chi connectivity index (χ1n) is 3.35. The second-order valence-electron chi connectivity index (χ2n) is 2.64. The number of fused-ring (bicyclic) bond motifs is 1. The van der Waals surface area contributed by atoms with Crippen molar-refractivity contribution in [3.63, 3.8) is 0 Å². The summed E-state index contributed by atoms with van der Waals surface area (Å²) in [6.07, 6.45) is 1.83. The average Bonchev–Trinajstić information content (AvgIpc) is 2.21. The summed E-state index contributed by atoms with van der Waals surface area (Å²) >= 11 is 11.4. The molecule has 0 bridgehead atoms. The minimum Gasteiger partial charge on any atom is -0.356 e. The van der Waals surface area contributed by atoms with E-state index in [1.165, 1.54) is 0 Å². The van der Waals surface area contributed by atoms with Gasteiger partial charge >= 0.3 is 0 Å². The van der Waals surface area contributed by atoms with Crippen LogP contribution in [0.15, 0.2) is 0 Å². The van der Waals surface area contributed by atoms with Gasteiger partial charge in [-0.05, 0) is 0 Å². The molecule has 0 aromatic carbocycles. The maximum absolute atomic E-state index is 5.72. The molecule has 0 spiro atoms. The SMILES string of the molecule is ClC1CC2OC(Cl)CC2O1. The highest BCUT2D eigenvalue weighted by molar-refractivity contribution is 6.20. The fraction of sp³-hybridized carbons (Fsp3) is 1.00. The van der Waals surface area contributed by atoms with Crippen LogP contribution in [0.4, 0.5) is 0 Å². The van der Waals surface area contributed by atoms with Crippen LogP contribution in [0.5, 0.6) is 0 Å². The van der Waals surface area contributed by atoms with Gasteiger partial charge in [-0.25, -0.2) is 0 Å². The number of ether oxygens (including phenoxy) is 2. The number of rotatable bonds is 0. The lowest BCUT2D eigenvalue weighted by Gasteiger charge is -2.03. The molecule has 2 saturated heterocycles. The van der Waals surface area contributed by atoms with E-state index in [0.717, 1.165) is 12.8 Å². The highest BCUT2D eigenvalue weighted by Gasteiger charge is 2.42. The smallest absolute Gasteiger partial charge is 0.134 e. The summed E-state index contributed by atoms with van der Waals surface area (Å²) < 4.78 is 10.6. The normalized spacial score (nSPS) is 53.4. The van der Waals surface area contributed by atoms with Gasteiger partial charge in [0, 0.05) is 12.8 Å². The second-order valence-corrected chi connectivity index (χ2v) is 3.61. The van der Waals surface area contributed by atoms with Crippen LogP contribution in [-0.2, 0) is 9.47 Å². The van der Waals surface area contributed by atoms with E-state index in [-0.39, 0.29) is 23.3 Å². The van der Waals surface area contributed by atoms with Gasteiger partial charge in [-0.2, -0.15) is 0 Å². The van der Waals surface area contributed by atoms with Gasteiger partial charge in [0.15, 0.2) is 0 Å². The predicted molar refractivity (Wildman–Crippen MR) is 38.3 cm³/mol. The molecule has 2 nitrogen and oxygen atoms in total. The summed E-state index contributed by atoms with van der Waals surface area (Å²) in [5.41, 5.74) is -0.335. The van der Waals surface area contributed by atoms with E-state index in [1.54, 1.807) is 0 Å². The molecule has 2 rings (SSSR count). The van der Waals surface area contributed by atoms with Crippen molar-refractivity contribution in [3.05, 3.63) is 0 Å². The van der Waals surface area contributed by atoms with Crippen molar-refractivity contribution in [1.82, 2.24) is 0 Å². The zero-order valence-electron chi connectivity index (χ0n) is 5.30. The summed E-state index contributed by atoms with van der Waals surface area (Å²) in [7, 11) is 0. The predicted octanol–water partition coefficient (Wildman–Crippen LogP) is 1.69. The van der Waals surface area contributed by atoms with E-state index in [9.17, 15) is 0 Å². The van der Waals surface area contributed by atoms with Gasteiger partial charge in [0.25, 0.3) is 0 Å². The molecule has 0 N–H and O–H groups in total. The van der Waals surface area contributed by atoms with Gasteiger partial charge in [0.1, 0.15) is 11.1 Å². The Morgan fingerprint density at radius 3 is 1.70 bits per heavy atom. The van der Waals surface area contributed by atoms with Crippen molar-refractivity contribution in [1.29, 1.82) is 0 Å². The van der Waals surface area contributed by atoms with Crippen molar-refractivity contribution in [2.24, 2.45) is 0 Å². The summed E-state index contributed by atoms with van der Waals surface area (Å²) in [6, 6.07) is 0. The Morgan fingerprint density at radius 2 is 1.30 bits per heavy atom. The van der Waals surface area contributed by atoms with Gasteiger partial charge in [0.05, 0.1) is 12.2 Å². The zero-order chi connectivity index (χ0) is 7.14. The molecular formula is C6H8Cl2O2. The van der Waals surface area contributed by atoms with Gasteiger partial charge in [-0.15, -0.1) is 0 Å². The number of hydrogen-bond acceptors (Lipinski definition) is 2. The summed E-state index contributed by atoms with van der Waals surface area (Å²) in [4.78, 5) is 0. The summed E-state index contributed by atoms with van der Waals surface area (Å²) in [5, 5.41) is 0. The van der Waals surface area contributed by atoms with Crippen LogP contribution in [0, 0.1) is 0 Å². The van der Waals surface area contributed by atoms with Crippen molar-refractivity contribution in [2.75, 3.05) is 0 Å². The zero-order valence-corrected chi connectivity index (χ0v) is 6.81. The van der Waals surface area contributed by atoms with Crippen LogP contribution in [-0.4, -0.2) is 23.3 Å². The molecule has 0 saturated carbocycles. The maximum atomic E-state index is 5.72. The maximum Gasteiger partial charge on any atom is 0.134 e.